The number of rotatable bonds is 3. The van der Waals surface area contributed by atoms with Crippen molar-refractivity contribution in [1.82, 2.24) is 0 Å². The molecule has 19 heavy (non-hydrogen) atoms. The van der Waals surface area contributed by atoms with Crippen molar-refractivity contribution in [2.45, 2.75) is 4.90 Å². The first kappa shape index (κ1) is 13.8. The lowest BCUT2D eigenvalue weighted by molar-refractivity contribution is 0.102. The predicted molar refractivity (Wildman–Crippen MR) is 79.7 cm³/mol. The molecule has 0 unspecified atom stereocenters. The van der Waals surface area contributed by atoms with Gasteiger partial charge in [0.15, 0.2) is 0 Å². The fraction of sp³-hybridized carbons (Fsp3) is 0.0714. The number of hydrogen-bond donors (Lipinski definition) is 2. The molecule has 0 spiro atoms. The zero-order valence-corrected chi connectivity index (χ0v) is 11.8. The summed E-state index contributed by atoms with van der Waals surface area (Å²) in [6.45, 7) is 0. The van der Waals surface area contributed by atoms with Gasteiger partial charge in [-0.2, -0.15) is 0 Å². The standard InChI is InChI=1S/C14H12ClNO2S/c1-18-12-7-6-9(15)8-10(12)14(17)16-11-4-2-3-5-13(11)19/h2-8,19H,1H3,(H,16,17). The monoisotopic (exact) mass is 293 g/mol. The highest BCUT2D eigenvalue weighted by Crippen LogP contribution is 2.25. The van der Waals surface area contributed by atoms with E-state index in [1.165, 1.54) is 7.11 Å². The fourth-order valence-corrected chi connectivity index (χ4v) is 2.02. The van der Waals surface area contributed by atoms with Gasteiger partial charge in [0.1, 0.15) is 5.75 Å². The van der Waals surface area contributed by atoms with E-state index in [0.717, 1.165) is 0 Å². The van der Waals surface area contributed by atoms with E-state index in [4.69, 9.17) is 16.3 Å². The van der Waals surface area contributed by atoms with Crippen molar-refractivity contribution in [1.29, 1.82) is 0 Å². The Balaban J connectivity index is 2.30. The summed E-state index contributed by atoms with van der Waals surface area (Å²) in [5, 5.41) is 3.25. The number of para-hydroxylation sites is 1. The molecule has 1 amide bonds. The Labute approximate surface area is 122 Å². The van der Waals surface area contributed by atoms with E-state index < -0.39 is 0 Å². The van der Waals surface area contributed by atoms with Gasteiger partial charge in [-0.3, -0.25) is 4.79 Å². The maximum absolute atomic E-state index is 12.2. The van der Waals surface area contributed by atoms with Crippen LogP contribution in [0.15, 0.2) is 47.4 Å². The lowest BCUT2D eigenvalue weighted by Crippen LogP contribution is -2.13. The number of anilines is 1. The number of ether oxygens (including phenoxy) is 1. The number of amides is 1. The van der Waals surface area contributed by atoms with Crippen molar-refractivity contribution < 1.29 is 9.53 Å². The molecule has 1 N–H and O–H groups in total. The Morgan fingerprint density at radius 1 is 1.26 bits per heavy atom. The number of nitrogens with one attached hydrogen (secondary N) is 1. The first-order valence-electron chi connectivity index (χ1n) is 5.54. The van der Waals surface area contributed by atoms with Crippen molar-refractivity contribution in [2.75, 3.05) is 12.4 Å². The average molecular weight is 294 g/mol. The maximum Gasteiger partial charge on any atom is 0.259 e. The number of carbonyl (C=O) groups is 1. The van der Waals surface area contributed by atoms with Crippen LogP contribution in [-0.2, 0) is 0 Å². The molecule has 0 aliphatic heterocycles. The predicted octanol–water partition coefficient (Wildman–Crippen LogP) is 3.89. The van der Waals surface area contributed by atoms with Crippen molar-refractivity contribution >= 4 is 35.8 Å². The summed E-state index contributed by atoms with van der Waals surface area (Å²) in [7, 11) is 1.51. The van der Waals surface area contributed by atoms with Gasteiger partial charge in [0, 0.05) is 9.92 Å². The number of halogens is 1. The Morgan fingerprint density at radius 2 is 2.00 bits per heavy atom. The summed E-state index contributed by atoms with van der Waals surface area (Å²) >= 11 is 10.2. The molecule has 0 heterocycles. The smallest absolute Gasteiger partial charge is 0.259 e. The van der Waals surface area contributed by atoms with E-state index in [0.29, 0.717) is 26.9 Å². The molecule has 98 valence electrons. The molecule has 0 aliphatic rings. The lowest BCUT2D eigenvalue weighted by atomic mass is 10.2. The van der Waals surface area contributed by atoms with E-state index in [-0.39, 0.29) is 5.91 Å². The zero-order chi connectivity index (χ0) is 13.8. The third kappa shape index (κ3) is 3.22. The van der Waals surface area contributed by atoms with Gasteiger partial charge in [0.05, 0.1) is 18.4 Å². The van der Waals surface area contributed by atoms with Gasteiger partial charge in [-0.25, -0.2) is 0 Å². The number of methoxy groups -OCH3 is 1. The van der Waals surface area contributed by atoms with Crippen molar-refractivity contribution in [3.05, 3.63) is 53.1 Å². The molecule has 2 aromatic carbocycles. The number of benzene rings is 2. The summed E-state index contributed by atoms with van der Waals surface area (Å²) in [5.74, 6) is 0.180. The van der Waals surface area contributed by atoms with Crippen LogP contribution in [0, 0.1) is 0 Å². The third-order valence-corrected chi connectivity index (χ3v) is 3.18. The van der Waals surface area contributed by atoms with Crippen LogP contribution in [0.2, 0.25) is 5.02 Å². The lowest BCUT2D eigenvalue weighted by Gasteiger charge is -2.11. The quantitative estimate of drug-likeness (QED) is 0.843. The Morgan fingerprint density at radius 3 is 2.68 bits per heavy atom. The van der Waals surface area contributed by atoms with Crippen LogP contribution in [0.5, 0.6) is 5.75 Å². The van der Waals surface area contributed by atoms with Crippen LogP contribution in [0.3, 0.4) is 0 Å². The van der Waals surface area contributed by atoms with Gasteiger partial charge in [-0.15, -0.1) is 12.6 Å². The highest BCUT2D eigenvalue weighted by Gasteiger charge is 2.13. The molecule has 0 saturated carbocycles. The normalized spacial score (nSPS) is 10.1. The second-order valence-corrected chi connectivity index (χ2v) is 4.73. The summed E-state index contributed by atoms with van der Waals surface area (Å²) in [6.07, 6.45) is 0. The van der Waals surface area contributed by atoms with Crippen molar-refractivity contribution in [3.8, 4) is 5.75 Å². The molecule has 5 heteroatoms. The minimum atomic E-state index is -0.291. The van der Waals surface area contributed by atoms with Gasteiger partial charge in [0.2, 0.25) is 0 Å². The molecule has 0 saturated heterocycles. The van der Waals surface area contributed by atoms with E-state index in [1.54, 1.807) is 30.3 Å². The van der Waals surface area contributed by atoms with Gasteiger partial charge >= 0.3 is 0 Å². The van der Waals surface area contributed by atoms with Gasteiger partial charge in [-0.1, -0.05) is 23.7 Å². The van der Waals surface area contributed by atoms with Gasteiger partial charge < -0.3 is 10.1 Å². The van der Waals surface area contributed by atoms with Crippen molar-refractivity contribution in [2.24, 2.45) is 0 Å². The minimum absolute atomic E-state index is 0.291. The SMILES string of the molecule is COc1ccc(Cl)cc1C(=O)Nc1ccccc1S. The van der Waals surface area contributed by atoms with E-state index >= 15 is 0 Å². The molecule has 2 rings (SSSR count). The molecule has 0 aliphatic carbocycles. The van der Waals surface area contributed by atoms with Crippen molar-refractivity contribution in [3.63, 3.8) is 0 Å². The molecule has 0 atom stereocenters. The molecule has 0 fully saturated rings. The van der Waals surface area contributed by atoms with Gasteiger partial charge in [0.25, 0.3) is 5.91 Å². The Kier molecular flexibility index (Phi) is 4.35. The first-order chi connectivity index (χ1) is 9.11. The molecule has 3 nitrogen and oxygen atoms in total. The molecular formula is C14H12ClNO2S. The summed E-state index contributed by atoms with van der Waals surface area (Å²) in [4.78, 5) is 12.9. The van der Waals surface area contributed by atoms with Crippen LogP contribution in [-0.4, -0.2) is 13.0 Å². The van der Waals surface area contributed by atoms with Crippen LogP contribution in [0.4, 0.5) is 5.69 Å². The average Bonchev–Trinajstić information content (AvgIpc) is 2.41. The fourth-order valence-electron chi connectivity index (χ4n) is 1.63. The maximum atomic E-state index is 12.2. The minimum Gasteiger partial charge on any atom is -0.496 e. The zero-order valence-electron chi connectivity index (χ0n) is 10.2. The molecule has 0 radical (unpaired) electrons. The molecule has 0 bridgehead atoms. The second kappa shape index (κ2) is 5.99. The number of carbonyl (C=O) groups excluding carboxylic acids is 1. The number of thiol groups is 1. The molecular weight excluding hydrogens is 282 g/mol. The topological polar surface area (TPSA) is 38.3 Å². The van der Waals surface area contributed by atoms with E-state index in [1.807, 2.05) is 12.1 Å². The summed E-state index contributed by atoms with van der Waals surface area (Å²) in [6, 6.07) is 12.1. The molecule has 0 aromatic heterocycles. The van der Waals surface area contributed by atoms with Crippen LogP contribution in [0.1, 0.15) is 10.4 Å². The summed E-state index contributed by atoms with van der Waals surface area (Å²) < 4.78 is 5.15. The Bertz CT molecular complexity index is 616. The highest BCUT2D eigenvalue weighted by atomic mass is 35.5. The van der Waals surface area contributed by atoms with Gasteiger partial charge in [-0.05, 0) is 30.3 Å². The highest BCUT2D eigenvalue weighted by molar-refractivity contribution is 7.80. The Hall–Kier alpha value is -1.65. The molecule has 2 aromatic rings. The first-order valence-corrected chi connectivity index (χ1v) is 6.37. The van der Waals surface area contributed by atoms with E-state index in [2.05, 4.69) is 17.9 Å². The second-order valence-electron chi connectivity index (χ2n) is 3.82. The van der Waals surface area contributed by atoms with Crippen LogP contribution >= 0.6 is 24.2 Å². The van der Waals surface area contributed by atoms with Crippen LogP contribution in [0.25, 0.3) is 0 Å². The summed E-state index contributed by atoms with van der Waals surface area (Å²) in [5.41, 5.74) is 1.02. The third-order valence-electron chi connectivity index (χ3n) is 2.56. The van der Waals surface area contributed by atoms with E-state index in [9.17, 15) is 4.79 Å². The largest absolute Gasteiger partial charge is 0.496 e. The van der Waals surface area contributed by atoms with Crippen LogP contribution < -0.4 is 10.1 Å². The number of hydrogen-bond acceptors (Lipinski definition) is 3.